The first-order chi connectivity index (χ1) is 14.2. The first-order valence-electron chi connectivity index (χ1n) is 9.98. The van der Waals surface area contributed by atoms with E-state index in [-0.39, 0.29) is 6.61 Å². The van der Waals surface area contributed by atoms with E-state index in [4.69, 9.17) is 9.47 Å². The average Bonchev–Trinajstić information content (AvgIpc) is 2.77. The summed E-state index contributed by atoms with van der Waals surface area (Å²) in [4.78, 5) is 10.6. The topological polar surface area (TPSA) is 79.7 Å². The average molecular weight is 419 g/mol. The zero-order chi connectivity index (χ0) is 20.3. The van der Waals surface area contributed by atoms with Crippen LogP contribution in [0.2, 0.25) is 0 Å². The van der Waals surface area contributed by atoms with Crippen LogP contribution in [0.25, 0.3) is 0 Å². The zero-order valence-electron chi connectivity index (χ0n) is 16.9. The van der Waals surface area contributed by atoms with E-state index in [1.807, 2.05) is 30.0 Å². The molecule has 3 rings (SSSR count). The summed E-state index contributed by atoms with van der Waals surface area (Å²) in [6.07, 6.45) is 5.50. The number of β-amino-alcohol motifs (C(OH)–C–C–N with tert-alkyl or cyclic N) is 1. The largest absolute Gasteiger partial charge is 0.493 e. The number of aliphatic hydroxyl groups excluding tert-OH is 1. The molecule has 0 bridgehead atoms. The molecule has 1 fully saturated rings. The number of methoxy groups -OCH3 is 1. The standard InChI is InChI=1S/C21H30N4O3S/c1-27-21-12-17(13-22-5-4-18-14-23-6-7-24-18)2-3-20(21)28-16-19(26)15-25-8-10-29-11-9-25/h2-3,6-7,12,14,19,22,26H,4-5,8-11,13,15-16H2,1H3/t19-/m0/s1. The van der Waals surface area contributed by atoms with Crippen molar-refractivity contribution in [3.05, 3.63) is 48.0 Å². The van der Waals surface area contributed by atoms with Gasteiger partial charge in [-0.3, -0.25) is 14.9 Å². The van der Waals surface area contributed by atoms with E-state index in [9.17, 15) is 5.11 Å². The summed E-state index contributed by atoms with van der Waals surface area (Å²) in [6, 6.07) is 5.89. The van der Waals surface area contributed by atoms with Gasteiger partial charge in [-0.25, -0.2) is 0 Å². The second-order valence-electron chi connectivity index (χ2n) is 6.99. The van der Waals surface area contributed by atoms with Gasteiger partial charge in [-0.15, -0.1) is 0 Å². The Labute approximate surface area is 176 Å². The van der Waals surface area contributed by atoms with Gasteiger partial charge in [0.05, 0.1) is 12.8 Å². The Morgan fingerprint density at radius 3 is 2.86 bits per heavy atom. The molecule has 0 amide bonds. The molecule has 0 aliphatic carbocycles. The van der Waals surface area contributed by atoms with Crippen LogP contribution in [0, 0.1) is 0 Å². The van der Waals surface area contributed by atoms with Crippen LogP contribution >= 0.6 is 11.8 Å². The first kappa shape index (κ1) is 21.8. The van der Waals surface area contributed by atoms with Gasteiger partial charge in [-0.2, -0.15) is 11.8 Å². The minimum absolute atomic E-state index is 0.260. The van der Waals surface area contributed by atoms with Gasteiger partial charge in [0.1, 0.15) is 12.7 Å². The molecule has 1 aromatic heterocycles. The van der Waals surface area contributed by atoms with Crippen molar-refractivity contribution in [1.29, 1.82) is 0 Å². The molecule has 1 aliphatic rings. The molecule has 0 radical (unpaired) electrons. The Kier molecular flexibility index (Phi) is 9.01. The Bertz CT molecular complexity index is 729. The summed E-state index contributed by atoms with van der Waals surface area (Å²) in [5, 5.41) is 13.7. The lowest BCUT2D eigenvalue weighted by Gasteiger charge is -2.28. The number of nitrogens with zero attached hydrogens (tertiary/aromatic N) is 3. The molecule has 2 aromatic rings. The highest BCUT2D eigenvalue weighted by atomic mass is 32.2. The SMILES string of the molecule is COc1cc(CNCCc2cnccn2)ccc1OC[C@@H](O)CN1CCSCC1. The number of aliphatic hydroxyl groups is 1. The maximum absolute atomic E-state index is 10.3. The Balaban J connectivity index is 1.42. The lowest BCUT2D eigenvalue weighted by molar-refractivity contribution is 0.0705. The lowest BCUT2D eigenvalue weighted by atomic mass is 10.2. The van der Waals surface area contributed by atoms with E-state index in [1.165, 1.54) is 0 Å². The number of aromatic nitrogens is 2. The summed E-state index contributed by atoms with van der Waals surface area (Å²) in [5.41, 5.74) is 2.09. The molecule has 0 spiro atoms. The van der Waals surface area contributed by atoms with E-state index in [2.05, 4.69) is 20.2 Å². The molecule has 29 heavy (non-hydrogen) atoms. The second-order valence-corrected chi connectivity index (χ2v) is 8.21. The van der Waals surface area contributed by atoms with Gasteiger partial charge in [-0.1, -0.05) is 6.07 Å². The molecule has 158 valence electrons. The number of hydrogen-bond acceptors (Lipinski definition) is 8. The molecular weight excluding hydrogens is 388 g/mol. The van der Waals surface area contributed by atoms with E-state index >= 15 is 0 Å². The quantitative estimate of drug-likeness (QED) is 0.533. The van der Waals surface area contributed by atoms with Crippen molar-refractivity contribution in [2.24, 2.45) is 0 Å². The van der Waals surface area contributed by atoms with Gasteiger partial charge >= 0.3 is 0 Å². The van der Waals surface area contributed by atoms with Gasteiger partial charge in [0.25, 0.3) is 0 Å². The fourth-order valence-electron chi connectivity index (χ4n) is 3.17. The van der Waals surface area contributed by atoms with Crippen molar-refractivity contribution in [2.75, 3.05) is 51.4 Å². The van der Waals surface area contributed by atoms with Crippen LogP contribution in [-0.2, 0) is 13.0 Å². The van der Waals surface area contributed by atoms with Crippen LogP contribution in [0.4, 0.5) is 0 Å². The number of ether oxygens (including phenoxy) is 2. The van der Waals surface area contributed by atoms with Gasteiger partial charge in [0, 0.05) is 69.2 Å². The van der Waals surface area contributed by atoms with Gasteiger partial charge in [-0.05, 0) is 17.7 Å². The number of hydrogen-bond donors (Lipinski definition) is 2. The molecule has 1 aliphatic heterocycles. The normalized spacial score (nSPS) is 15.8. The van der Waals surface area contributed by atoms with Crippen molar-refractivity contribution in [3.63, 3.8) is 0 Å². The first-order valence-corrected chi connectivity index (χ1v) is 11.1. The van der Waals surface area contributed by atoms with Gasteiger partial charge < -0.3 is 19.9 Å². The molecule has 2 N–H and O–H groups in total. The maximum Gasteiger partial charge on any atom is 0.161 e. The fraction of sp³-hybridized carbons (Fsp3) is 0.524. The molecule has 1 aromatic carbocycles. The Hall–Kier alpha value is -1.87. The van der Waals surface area contributed by atoms with Crippen molar-refractivity contribution < 1.29 is 14.6 Å². The van der Waals surface area contributed by atoms with Crippen LogP contribution in [0.5, 0.6) is 11.5 Å². The Morgan fingerprint density at radius 2 is 2.10 bits per heavy atom. The molecule has 7 nitrogen and oxygen atoms in total. The number of rotatable bonds is 11. The molecule has 1 saturated heterocycles. The van der Waals surface area contributed by atoms with Crippen LogP contribution in [0.15, 0.2) is 36.8 Å². The third-order valence-corrected chi connectivity index (χ3v) is 5.68. The van der Waals surface area contributed by atoms with E-state index < -0.39 is 6.10 Å². The summed E-state index contributed by atoms with van der Waals surface area (Å²) in [6.45, 7) is 4.52. The highest BCUT2D eigenvalue weighted by Crippen LogP contribution is 2.28. The number of thioether (sulfide) groups is 1. The third kappa shape index (κ3) is 7.47. The summed E-state index contributed by atoms with van der Waals surface area (Å²) in [5.74, 6) is 3.61. The highest BCUT2D eigenvalue weighted by molar-refractivity contribution is 7.99. The van der Waals surface area contributed by atoms with E-state index in [0.717, 1.165) is 55.4 Å². The highest BCUT2D eigenvalue weighted by Gasteiger charge is 2.16. The van der Waals surface area contributed by atoms with Crippen molar-refractivity contribution >= 4 is 11.8 Å². The molecule has 0 saturated carbocycles. The lowest BCUT2D eigenvalue weighted by Crippen LogP contribution is -2.40. The van der Waals surface area contributed by atoms with E-state index in [0.29, 0.717) is 18.0 Å². The molecule has 0 unspecified atom stereocenters. The van der Waals surface area contributed by atoms with Crippen LogP contribution in [-0.4, -0.2) is 77.5 Å². The van der Waals surface area contributed by atoms with Crippen molar-refractivity contribution in [3.8, 4) is 11.5 Å². The Morgan fingerprint density at radius 1 is 1.24 bits per heavy atom. The monoisotopic (exact) mass is 418 g/mol. The second kappa shape index (κ2) is 12.0. The number of benzene rings is 1. The van der Waals surface area contributed by atoms with Crippen molar-refractivity contribution in [1.82, 2.24) is 20.2 Å². The minimum Gasteiger partial charge on any atom is -0.493 e. The van der Waals surface area contributed by atoms with Crippen LogP contribution in [0.1, 0.15) is 11.3 Å². The van der Waals surface area contributed by atoms with E-state index in [1.54, 1.807) is 25.7 Å². The fourth-order valence-corrected chi connectivity index (χ4v) is 4.15. The summed E-state index contributed by atoms with van der Waals surface area (Å²) in [7, 11) is 1.63. The molecule has 2 heterocycles. The van der Waals surface area contributed by atoms with Crippen LogP contribution < -0.4 is 14.8 Å². The van der Waals surface area contributed by atoms with Crippen LogP contribution in [0.3, 0.4) is 0 Å². The van der Waals surface area contributed by atoms with Gasteiger partial charge in [0.2, 0.25) is 0 Å². The summed E-state index contributed by atoms with van der Waals surface area (Å²) < 4.78 is 11.3. The summed E-state index contributed by atoms with van der Waals surface area (Å²) >= 11 is 1.97. The number of nitrogens with one attached hydrogen (secondary N) is 1. The van der Waals surface area contributed by atoms with Gasteiger partial charge in [0.15, 0.2) is 11.5 Å². The predicted molar refractivity (Wildman–Crippen MR) is 116 cm³/mol. The smallest absolute Gasteiger partial charge is 0.161 e. The van der Waals surface area contributed by atoms with Crippen molar-refractivity contribution in [2.45, 2.75) is 19.1 Å². The third-order valence-electron chi connectivity index (χ3n) is 4.74. The molecular formula is C21H30N4O3S. The maximum atomic E-state index is 10.3. The molecule has 1 atom stereocenters. The zero-order valence-corrected chi connectivity index (χ0v) is 17.7. The predicted octanol–water partition coefficient (Wildman–Crippen LogP) is 1.61. The minimum atomic E-state index is -0.509. The molecule has 8 heteroatoms.